The van der Waals surface area contributed by atoms with E-state index in [2.05, 4.69) is 4.83 Å². The molecule has 0 aliphatic rings. The molecule has 3 heteroatoms. The number of hydrazine groups is 1. The van der Waals surface area contributed by atoms with Gasteiger partial charge in [0, 0.05) is 0 Å². The minimum Gasteiger partial charge on any atom is -0.262 e. The molecular weight excluding hydrogens is 96.1 g/mol. The average molecular weight is 106 g/mol. The molecule has 0 aromatic rings. The summed E-state index contributed by atoms with van der Waals surface area (Å²) in [4.78, 5) is 2.47. The van der Waals surface area contributed by atoms with Gasteiger partial charge in [0.2, 0.25) is 0 Å². The number of nitrogens with two attached hydrogens (primary N) is 1. The molecule has 2 nitrogen and oxygen atoms in total. The molecule has 0 saturated carbocycles. The maximum absolute atomic E-state index is 5.38. The minimum atomic E-state index is -1.13. The molecule has 0 spiro atoms. The quantitative estimate of drug-likeness (QED) is 0.337. The molecule has 0 fully saturated rings. The number of nitrogens with one attached hydrogen (secondary N) is 1. The van der Waals surface area contributed by atoms with E-state index in [4.69, 9.17) is 11.5 Å². The Balaban J connectivity index is 3.60. The minimum absolute atomic E-state index is 1.13. The number of hydrogen-bond acceptors (Lipinski definition) is 2. The molecule has 0 saturated heterocycles. The highest BCUT2D eigenvalue weighted by Crippen LogP contribution is 2.09. The zero-order chi connectivity index (χ0) is 5.21. The summed E-state index contributed by atoms with van der Waals surface area (Å²) in [6, 6.07) is 0. The van der Waals surface area contributed by atoms with Crippen LogP contribution >= 0.6 is 9.62 Å². The van der Waals surface area contributed by atoms with Crippen LogP contribution in [0, 0.1) is 5.69 Å². The SMILES string of the molecule is C#S(C)(C)NN. The second-order valence-electron chi connectivity index (χ2n) is 1.52. The van der Waals surface area contributed by atoms with E-state index >= 15 is 0 Å². The van der Waals surface area contributed by atoms with Gasteiger partial charge in [0.1, 0.15) is 0 Å². The summed E-state index contributed by atoms with van der Waals surface area (Å²) in [5.74, 6) is 4.97. The van der Waals surface area contributed by atoms with Crippen molar-refractivity contribution in [2.75, 3.05) is 12.5 Å². The molecule has 0 aromatic carbocycles. The van der Waals surface area contributed by atoms with E-state index in [0.29, 0.717) is 0 Å². The second kappa shape index (κ2) is 1.67. The topological polar surface area (TPSA) is 38.0 Å². The third kappa shape index (κ3) is 4.05. The summed E-state index contributed by atoms with van der Waals surface area (Å²) in [5.41, 5.74) is 5.38. The third-order valence-corrected chi connectivity index (χ3v) is 0.911. The normalized spacial score (nSPS) is 11.7. The molecule has 0 aliphatic carbocycles. The zero-order valence-corrected chi connectivity index (χ0v) is 4.88. The van der Waals surface area contributed by atoms with Crippen LogP contribution < -0.4 is 10.7 Å². The van der Waals surface area contributed by atoms with Crippen LogP contribution in [-0.4, -0.2) is 12.5 Å². The Morgan fingerprint density at radius 2 is 1.83 bits per heavy atom. The van der Waals surface area contributed by atoms with Gasteiger partial charge in [-0.05, 0) is 12.5 Å². The fraction of sp³-hybridized carbons (Fsp3) is 0.667. The Morgan fingerprint density at radius 1 is 1.67 bits per heavy atom. The largest absolute Gasteiger partial charge is 0.262 e. The van der Waals surface area contributed by atoms with Crippen molar-refractivity contribution in [3.8, 4) is 5.69 Å². The molecule has 3 N–H and O–H groups in total. The Morgan fingerprint density at radius 3 is 1.83 bits per heavy atom. The molecule has 0 atom stereocenters. The number of hydrogen-bond donors (Lipinski definition) is 2. The standard InChI is InChI=1S/C3H10N2S/c1-6(2,3)5-4/h1,5H,4H2,2-3H3. The molecule has 0 aromatic heterocycles. The van der Waals surface area contributed by atoms with Crippen molar-refractivity contribution in [1.29, 1.82) is 0 Å². The van der Waals surface area contributed by atoms with Crippen molar-refractivity contribution >= 4 is 9.62 Å². The van der Waals surface area contributed by atoms with Crippen molar-refractivity contribution in [2.24, 2.45) is 5.84 Å². The van der Waals surface area contributed by atoms with E-state index in [1.807, 2.05) is 12.5 Å². The van der Waals surface area contributed by atoms with E-state index in [1.54, 1.807) is 0 Å². The van der Waals surface area contributed by atoms with Crippen molar-refractivity contribution in [2.45, 2.75) is 0 Å². The molecule has 0 aliphatic heterocycles. The molecular formula is C3H10N2S. The van der Waals surface area contributed by atoms with E-state index in [9.17, 15) is 0 Å². The molecule has 38 valence electrons. The highest BCUT2D eigenvalue weighted by molar-refractivity contribution is 8.21. The maximum atomic E-state index is 5.38. The highest BCUT2D eigenvalue weighted by atomic mass is 32.2. The smallest absolute Gasteiger partial charge is 0.0121 e. The van der Waals surface area contributed by atoms with Crippen LogP contribution in [-0.2, 0) is 0 Å². The van der Waals surface area contributed by atoms with Crippen LogP contribution in [0.2, 0.25) is 0 Å². The van der Waals surface area contributed by atoms with Gasteiger partial charge in [0.05, 0.1) is 0 Å². The fourth-order valence-corrected chi connectivity index (χ4v) is 0. The number of rotatable bonds is 0. The van der Waals surface area contributed by atoms with Gasteiger partial charge in [0.25, 0.3) is 0 Å². The Hall–Kier alpha value is 0.0500. The first-order chi connectivity index (χ1) is 2.56. The zero-order valence-electron chi connectivity index (χ0n) is 4.06. The van der Waals surface area contributed by atoms with Gasteiger partial charge in [0.15, 0.2) is 0 Å². The van der Waals surface area contributed by atoms with Crippen LogP contribution in [0.25, 0.3) is 0 Å². The van der Waals surface area contributed by atoms with Gasteiger partial charge in [-0.2, -0.15) is 0 Å². The van der Waals surface area contributed by atoms with Crippen molar-refractivity contribution in [3.05, 3.63) is 0 Å². The molecule has 0 heterocycles. The summed E-state index contributed by atoms with van der Waals surface area (Å²) >= 11 is 0. The summed E-state index contributed by atoms with van der Waals surface area (Å²) in [6.07, 6.45) is 3.74. The van der Waals surface area contributed by atoms with Crippen molar-refractivity contribution < 1.29 is 0 Å². The van der Waals surface area contributed by atoms with Crippen LogP contribution in [0.15, 0.2) is 0 Å². The molecule has 6 heavy (non-hydrogen) atoms. The van der Waals surface area contributed by atoms with E-state index in [-0.39, 0.29) is 0 Å². The van der Waals surface area contributed by atoms with Gasteiger partial charge in [-0.1, -0.05) is 0 Å². The second-order valence-corrected chi connectivity index (χ2v) is 4.57. The van der Waals surface area contributed by atoms with Crippen LogP contribution in [0.1, 0.15) is 0 Å². The van der Waals surface area contributed by atoms with Crippen molar-refractivity contribution in [3.63, 3.8) is 0 Å². The van der Waals surface area contributed by atoms with Gasteiger partial charge in [-0.3, -0.25) is 5.84 Å². The predicted molar refractivity (Wildman–Crippen MR) is 31.7 cm³/mol. The van der Waals surface area contributed by atoms with Crippen LogP contribution in [0.3, 0.4) is 0 Å². The molecule has 0 amide bonds. The first kappa shape index (κ1) is 6.05. The summed E-state index contributed by atoms with van der Waals surface area (Å²) in [7, 11) is -1.13. The maximum Gasteiger partial charge on any atom is -0.0121 e. The van der Waals surface area contributed by atoms with E-state index in [1.165, 1.54) is 0 Å². The van der Waals surface area contributed by atoms with Gasteiger partial charge < -0.3 is 0 Å². The molecule has 0 unspecified atom stereocenters. The van der Waals surface area contributed by atoms with E-state index < -0.39 is 9.62 Å². The monoisotopic (exact) mass is 106 g/mol. The predicted octanol–water partition coefficient (Wildman–Crippen LogP) is 0.0179. The summed E-state index contributed by atoms with van der Waals surface area (Å²) in [5, 5.41) is 0. The Kier molecular flexibility index (Phi) is 1.68. The van der Waals surface area contributed by atoms with Gasteiger partial charge in [-0.25, -0.2) is 4.83 Å². The van der Waals surface area contributed by atoms with Gasteiger partial charge >= 0.3 is 0 Å². The Bertz CT molecular complexity index is 110. The average Bonchev–Trinajstić information content (AvgIpc) is 1.35. The summed E-state index contributed by atoms with van der Waals surface area (Å²) < 4.78 is 0. The fourth-order valence-electron chi connectivity index (χ4n) is 0. The molecule has 0 rings (SSSR count). The van der Waals surface area contributed by atoms with Crippen molar-refractivity contribution in [1.82, 2.24) is 4.83 Å². The van der Waals surface area contributed by atoms with Crippen LogP contribution in [0.4, 0.5) is 0 Å². The molecule has 0 radical (unpaired) electrons. The lowest BCUT2D eigenvalue weighted by Crippen LogP contribution is -2.18. The summed E-state index contributed by atoms with van der Waals surface area (Å²) in [6.45, 7) is 0. The first-order valence-corrected chi connectivity index (χ1v) is 4.06. The van der Waals surface area contributed by atoms with Gasteiger partial charge in [-0.15, -0.1) is 15.3 Å². The lowest BCUT2D eigenvalue weighted by atomic mass is 11.9. The lowest BCUT2D eigenvalue weighted by Gasteiger charge is -2.06. The van der Waals surface area contributed by atoms with Crippen LogP contribution in [0.5, 0.6) is 0 Å². The molecule has 0 bridgehead atoms. The highest BCUT2D eigenvalue weighted by Gasteiger charge is 1.80. The first-order valence-electron chi connectivity index (χ1n) is 1.54. The lowest BCUT2D eigenvalue weighted by molar-refractivity contribution is 1.11. The Labute approximate surface area is 39.4 Å². The van der Waals surface area contributed by atoms with E-state index in [0.717, 1.165) is 0 Å². The third-order valence-electron chi connectivity index (χ3n) is 0.304.